The fraction of sp³-hybridized carbons (Fsp3) is 0.375. The highest BCUT2D eigenvalue weighted by Gasteiger charge is 2.35. The van der Waals surface area contributed by atoms with Gasteiger partial charge in [0.15, 0.2) is 0 Å². The molecule has 4 rings (SSSR count). The summed E-state index contributed by atoms with van der Waals surface area (Å²) in [7, 11) is 0. The van der Waals surface area contributed by atoms with Gasteiger partial charge in [0.05, 0.1) is 11.1 Å². The number of piperidine rings is 1. The Balaban J connectivity index is 1.41. The highest BCUT2D eigenvalue weighted by atomic mass is 19.4. The first-order valence-electron chi connectivity index (χ1n) is 10.2. The van der Waals surface area contributed by atoms with E-state index in [1.807, 2.05) is 18.2 Å². The highest BCUT2D eigenvalue weighted by Crippen LogP contribution is 2.37. The zero-order valence-electron chi connectivity index (χ0n) is 16.7. The molecule has 0 atom stereocenters. The summed E-state index contributed by atoms with van der Waals surface area (Å²) in [6.07, 6.45) is -0.584. The number of fused-ring (bicyclic) bond motifs is 1. The molecule has 6 heteroatoms. The van der Waals surface area contributed by atoms with Crippen molar-refractivity contribution in [1.82, 2.24) is 9.88 Å². The largest absolute Gasteiger partial charge is 0.416 e. The first-order chi connectivity index (χ1) is 14.4. The molecule has 1 aromatic heterocycles. The van der Waals surface area contributed by atoms with E-state index in [1.165, 1.54) is 17.7 Å². The zero-order valence-corrected chi connectivity index (χ0v) is 16.7. The van der Waals surface area contributed by atoms with Crippen molar-refractivity contribution in [2.75, 3.05) is 19.7 Å². The highest BCUT2D eigenvalue weighted by molar-refractivity contribution is 5.78. The summed E-state index contributed by atoms with van der Waals surface area (Å²) < 4.78 is 39.1. The molecular weight excluding hydrogens is 389 g/mol. The Kier molecular flexibility index (Phi) is 5.80. The van der Waals surface area contributed by atoms with E-state index >= 15 is 0 Å². The average molecular weight is 414 g/mol. The Labute approximate surface area is 174 Å². The van der Waals surface area contributed by atoms with Gasteiger partial charge in [-0.15, -0.1) is 0 Å². The van der Waals surface area contributed by atoms with Crippen molar-refractivity contribution >= 4 is 10.9 Å². The maximum Gasteiger partial charge on any atom is 0.416 e. The molecule has 0 aliphatic carbocycles. The molecule has 158 valence electrons. The SMILES string of the molecule is OCC1(Cc2cccc(C(F)(F)F)c2)CCN(Cc2ccc3ncccc3c2)CC1. The van der Waals surface area contributed by atoms with Crippen LogP contribution in [0.2, 0.25) is 0 Å². The molecule has 0 spiro atoms. The Bertz CT molecular complexity index is 1010. The summed E-state index contributed by atoms with van der Waals surface area (Å²) >= 11 is 0. The summed E-state index contributed by atoms with van der Waals surface area (Å²) in [6.45, 7) is 2.42. The van der Waals surface area contributed by atoms with Crippen molar-refractivity contribution in [3.63, 3.8) is 0 Å². The lowest BCUT2D eigenvalue weighted by Crippen LogP contribution is -2.42. The van der Waals surface area contributed by atoms with Crippen molar-refractivity contribution in [1.29, 1.82) is 0 Å². The van der Waals surface area contributed by atoms with Crippen LogP contribution in [0.5, 0.6) is 0 Å². The second kappa shape index (κ2) is 8.36. The Morgan fingerprint density at radius 3 is 2.50 bits per heavy atom. The molecule has 3 nitrogen and oxygen atoms in total. The summed E-state index contributed by atoms with van der Waals surface area (Å²) in [4.78, 5) is 6.69. The maximum atomic E-state index is 13.0. The third-order valence-corrected chi connectivity index (χ3v) is 6.16. The van der Waals surface area contributed by atoms with Crippen molar-refractivity contribution in [3.05, 3.63) is 77.5 Å². The van der Waals surface area contributed by atoms with Crippen molar-refractivity contribution in [3.8, 4) is 0 Å². The van der Waals surface area contributed by atoms with E-state index in [4.69, 9.17) is 0 Å². The number of hydrogen-bond donors (Lipinski definition) is 1. The molecule has 1 saturated heterocycles. The van der Waals surface area contributed by atoms with E-state index in [-0.39, 0.29) is 12.0 Å². The molecule has 2 aromatic carbocycles. The number of halogens is 3. The third kappa shape index (κ3) is 4.65. The number of aliphatic hydroxyl groups is 1. The number of alkyl halides is 3. The van der Waals surface area contributed by atoms with Gasteiger partial charge in [-0.25, -0.2) is 0 Å². The number of rotatable bonds is 5. The molecule has 1 aliphatic rings. The summed E-state index contributed by atoms with van der Waals surface area (Å²) in [5, 5.41) is 11.2. The maximum absolute atomic E-state index is 13.0. The molecule has 30 heavy (non-hydrogen) atoms. The van der Waals surface area contributed by atoms with Crippen LogP contribution in [-0.4, -0.2) is 34.7 Å². The zero-order chi connectivity index (χ0) is 21.2. The molecule has 0 amide bonds. The van der Waals surface area contributed by atoms with Crippen LogP contribution in [0.25, 0.3) is 10.9 Å². The van der Waals surface area contributed by atoms with E-state index in [1.54, 1.807) is 12.3 Å². The Morgan fingerprint density at radius 1 is 0.967 bits per heavy atom. The molecule has 3 aromatic rings. The Hall–Kier alpha value is -2.44. The summed E-state index contributed by atoms with van der Waals surface area (Å²) in [6, 6.07) is 15.7. The quantitative estimate of drug-likeness (QED) is 0.633. The average Bonchev–Trinajstić information content (AvgIpc) is 2.75. The minimum Gasteiger partial charge on any atom is -0.396 e. The normalized spacial score (nSPS) is 17.3. The molecule has 0 saturated carbocycles. The van der Waals surface area contributed by atoms with Crippen LogP contribution in [-0.2, 0) is 19.1 Å². The van der Waals surface area contributed by atoms with Gasteiger partial charge in [-0.2, -0.15) is 13.2 Å². The summed E-state index contributed by atoms with van der Waals surface area (Å²) in [5.41, 5.74) is 1.82. The number of nitrogens with zero attached hydrogens (tertiary/aromatic N) is 2. The van der Waals surface area contributed by atoms with Gasteiger partial charge >= 0.3 is 6.18 Å². The topological polar surface area (TPSA) is 36.4 Å². The van der Waals surface area contributed by atoms with Gasteiger partial charge in [0.25, 0.3) is 0 Å². The minimum atomic E-state index is -4.35. The van der Waals surface area contributed by atoms with Gasteiger partial charge in [-0.1, -0.05) is 30.3 Å². The molecule has 1 fully saturated rings. The van der Waals surface area contributed by atoms with Gasteiger partial charge < -0.3 is 5.11 Å². The number of aromatic nitrogens is 1. The standard InChI is InChI=1S/C24H25F3N2O/c25-24(26,27)21-5-1-3-18(14-21)15-23(17-30)8-11-29(12-9-23)16-19-6-7-22-20(13-19)4-2-10-28-22/h1-7,10,13-14,30H,8-9,11-12,15-17H2. The lowest BCUT2D eigenvalue weighted by Gasteiger charge is -2.41. The number of benzene rings is 2. The van der Waals surface area contributed by atoms with E-state index in [0.717, 1.165) is 49.4 Å². The smallest absolute Gasteiger partial charge is 0.396 e. The molecule has 1 aliphatic heterocycles. The van der Waals surface area contributed by atoms with Crippen molar-refractivity contribution in [2.24, 2.45) is 5.41 Å². The van der Waals surface area contributed by atoms with E-state index < -0.39 is 11.7 Å². The first kappa shape index (κ1) is 20.8. The third-order valence-electron chi connectivity index (χ3n) is 6.16. The number of pyridine rings is 1. The Morgan fingerprint density at radius 2 is 1.77 bits per heavy atom. The van der Waals surface area contributed by atoms with Crippen LogP contribution in [0.15, 0.2) is 60.8 Å². The number of likely N-dealkylation sites (tertiary alicyclic amines) is 1. The molecule has 0 unspecified atom stereocenters. The van der Waals surface area contributed by atoms with E-state index in [9.17, 15) is 18.3 Å². The second-order valence-electron chi connectivity index (χ2n) is 8.34. The number of hydrogen-bond acceptors (Lipinski definition) is 3. The van der Waals surface area contributed by atoms with Crippen molar-refractivity contribution in [2.45, 2.75) is 32.0 Å². The second-order valence-corrected chi connectivity index (χ2v) is 8.34. The van der Waals surface area contributed by atoms with Gasteiger partial charge in [-0.3, -0.25) is 9.88 Å². The van der Waals surface area contributed by atoms with Crippen LogP contribution in [0.1, 0.15) is 29.5 Å². The molecule has 0 radical (unpaired) electrons. The molecule has 1 N–H and O–H groups in total. The van der Waals surface area contributed by atoms with Gasteiger partial charge in [0.1, 0.15) is 0 Å². The van der Waals surface area contributed by atoms with Gasteiger partial charge in [0, 0.05) is 24.7 Å². The van der Waals surface area contributed by atoms with Crippen LogP contribution in [0.4, 0.5) is 13.2 Å². The van der Waals surface area contributed by atoms with Crippen molar-refractivity contribution < 1.29 is 18.3 Å². The minimum absolute atomic E-state index is 0.0151. The molecular formula is C24H25F3N2O. The van der Waals surface area contributed by atoms with Crippen LogP contribution in [0, 0.1) is 5.41 Å². The van der Waals surface area contributed by atoms with Crippen LogP contribution in [0.3, 0.4) is 0 Å². The lowest BCUT2D eigenvalue weighted by molar-refractivity contribution is -0.137. The molecule has 0 bridgehead atoms. The van der Waals surface area contributed by atoms with Gasteiger partial charge in [0.2, 0.25) is 0 Å². The fourth-order valence-corrected chi connectivity index (χ4v) is 4.35. The predicted molar refractivity (Wildman–Crippen MR) is 111 cm³/mol. The fourth-order valence-electron chi connectivity index (χ4n) is 4.35. The number of aliphatic hydroxyl groups excluding tert-OH is 1. The summed E-state index contributed by atoms with van der Waals surface area (Å²) in [5.74, 6) is 0. The first-order valence-corrected chi connectivity index (χ1v) is 10.2. The lowest BCUT2D eigenvalue weighted by atomic mass is 9.74. The van der Waals surface area contributed by atoms with E-state index in [2.05, 4.69) is 22.0 Å². The van der Waals surface area contributed by atoms with E-state index in [0.29, 0.717) is 12.0 Å². The van der Waals surface area contributed by atoms with Crippen LogP contribution < -0.4 is 0 Å². The predicted octanol–water partition coefficient (Wildman–Crippen LogP) is 5.07. The monoisotopic (exact) mass is 414 g/mol. The van der Waals surface area contributed by atoms with Crippen LogP contribution >= 0.6 is 0 Å². The molecule has 2 heterocycles. The van der Waals surface area contributed by atoms with Gasteiger partial charge in [-0.05, 0) is 73.2 Å².